The first-order valence-corrected chi connectivity index (χ1v) is 12.0. The molecule has 3 aliphatic rings. The second-order valence-corrected chi connectivity index (χ2v) is 11.7. The van der Waals surface area contributed by atoms with Crippen LogP contribution in [0, 0.1) is 5.92 Å². The number of rotatable bonds is 4. The van der Waals surface area contributed by atoms with Crippen LogP contribution in [0.4, 0.5) is 4.79 Å². The number of nitrogens with zero attached hydrogens (tertiary/aromatic N) is 2. The van der Waals surface area contributed by atoms with Gasteiger partial charge in [-0.05, 0) is 66.4 Å². The smallest absolute Gasteiger partial charge is 0.444 e. The van der Waals surface area contributed by atoms with Crippen LogP contribution in [-0.2, 0) is 20.6 Å². The second-order valence-electron chi connectivity index (χ2n) is 11.7. The molecule has 3 saturated heterocycles. The summed E-state index contributed by atoms with van der Waals surface area (Å²) in [7, 11) is -0.271. The Morgan fingerprint density at radius 3 is 2.25 bits per heavy atom. The van der Waals surface area contributed by atoms with Crippen LogP contribution in [-0.4, -0.2) is 65.5 Å². The average Bonchev–Trinajstić information content (AvgIpc) is 3.11. The third kappa shape index (κ3) is 4.71. The average molecular weight is 442 g/mol. The monoisotopic (exact) mass is 442 g/mol. The van der Waals surface area contributed by atoms with E-state index in [4.69, 9.17) is 14.0 Å². The predicted octanol–water partition coefficient (Wildman–Crippen LogP) is 4.59. The van der Waals surface area contributed by atoms with Crippen molar-refractivity contribution >= 4 is 13.2 Å². The zero-order chi connectivity index (χ0) is 23.3. The van der Waals surface area contributed by atoms with Crippen molar-refractivity contribution in [2.24, 2.45) is 5.92 Å². The molecular formula is C25H39BN2O4. The van der Waals surface area contributed by atoms with Gasteiger partial charge in [-0.1, -0.05) is 30.3 Å². The first kappa shape index (κ1) is 23.6. The van der Waals surface area contributed by atoms with E-state index in [0.717, 1.165) is 32.6 Å². The van der Waals surface area contributed by atoms with E-state index in [0.29, 0.717) is 0 Å². The van der Waals surface area contributed by atoms with E-state index in [1.165, 1.54) is 5.56 Å². The summed E-state index contributed by atoms with van der Waals surface area (Å²) in [5, 5.41) is 0. The molecule has 0 bridgehead atoms. The summed E-state index contributed by atoms with van der Waals surface area (Å²) in [6.07, 6.45) is 0.793. The molecular weight excluding hydrogens is 403 g/mol. The highest BCUT2D eigenvalue weighted by Crippen LogP contribution is 2.47. The van der Waals surface area contributed by atoms with Gasteiger partial charge in [0.2, 0.25) is 0 Å². The van der Waals surface area contributed by atoms with Gasteiger partial charge in [0.15, 0.2) is 0 Å². The minimum atomic E-state index is -0.489. The van der Waals surface area contributed by atoms with E-state index in [2.05, 4.69) is 62.9 Å². The Kier molecular flexibility index (Phi) is 6.14. The van der Waals surface area contributed by atoms with E-state index in [1.807, 2.05) is 25.7 Å². The Bertz CT molecular complexity index is 807. The maximum Gasteiger partial charge on any atom is 0.462 e. The van der Waals surface area contributed by atoms with E-state index < -0.39 is 5.60 Å². The summed E-state index contributed by atoms with van der Waals surface area (Å²) in [5.41, 5.74) is 0.0922. The Balaban J connectivity index is 1.53. The van der Waals surface area contributed by atoms with Crippen molar-refractivity contribution in [1.29, 1.82) is 0 Å². The molecule has 0 saturated carbocycles. The van der Waals surface area contributed by atoms with Crippen LogP contribution in [0.15, 0.2) is 30.3 Å². The summed E-state index contributed by atoms with van der Waals surface area (Å²) in [6, 6.07) is 10.7. The third-order valence-electron chi connectivity index (χ3n) is 7.55. The standard InChI is InChI=1S/C25H39BN2O4/c1-23(2,3)30-22(29)28-14-13-21(28)19-16-27(15-18-11-9-8-10-12-18)17-20(19)26-31-24(4,5)25(6,7)32-26/h8-12,19-21H,13-17H2,1-7H3. The molecule has 0 aromatic heterocycles. The Hall–Kier alpha value is -1.57. The van der Waals surface area contributed by atoms with Crippen LogP contribution < -0.4 is 0 Å². The molecule has 7 heteroatoms. The van der Waals surface area contributed by atoms with Gasteiger partial charge in [0.05, 0.1) is 11.2 Å². The fourth-order valence-electron chi connectivity index (χ4n) is 5.07. The number of ether oxygens (including phenoxy) is 1. The topological polar surface area (TPSA) is 51.2 Å². The Morgan fingerprint density at radius 1 is 1.09 bits per heavy atom. The minimum Gasteiger partial charge on any atom is -0.444 e. The lowest BCUT2D eigenvalue weighted by Gasteiger charge is -2.46. The van der Waals surface area contributed by atoms with Gasteiger partial charge in [-0.3, -0.25) is 4.90 Å². The van der Waals surface area contributed by atoms with E-state index >= 15 is 0 Å². The molecule has 1 amide bonds. The van der Waals surface area contributed by atoms with Crippen molar-refractivity contribution in [1.82, 2.24) is 9.80 Å². The predicted molar refractivity (Wildman–Crippen MR) is 126 cm³/mol. The van der Waals surface area contributed by atoms with Crippen LogP contribution >= 0.6 is 0 Å². The quantitative estimate of drug-likeness (QED) is 0.639. The van der Waals surface area contributed by atoms with Gasteiger partial charge in [0.25, 0.3) is 0 Å². The first-order valence-electron chi connectivity index (χ1n) is 12.0. The summed E-state index contributed by atoms with van der Waals surface area (Å²) < 4.78 is 18.7. The Labute approximate surface area is 193 Å². The van der Waals surface area contributed by atoms with Gasteiger partial charge in [-0.2, -0.15) is 0 Å². The normalized spacial score (nSPS) is 29.8. The van der Waals surface area contributed by atoms with E-state index in [9.17, 15) is 4.79 Å². The zero-order valence-corrected chi connectivity index (χ0v) is 20.8. The van der Waals surface area contributed by atoms with Crippen molar-refractivity contribution in [3.05, 3.63) is 35.9 Å². The van der Waals surface area contributed by atoms with Crippen molar-refractivity contribution < 1.29 is 18.8 Å². The number of hydrogen-bond acceptors (Lipinski definition) is 5. The number of hydrogen-bond donors (Lipinski definition) is 0. The maximum absolute atomic E-state index is 12.8. The molecule has 0 aliphatic carbocycles. The fraction of sp³-hybridized carbons (Fsp3) is 0.720. The molecule has 0 N–H and O–H groups in total. The number of amides is 1. The zero-order valence-electron chi connectivity index (χ0n) is 20.8. The fourth-order valence-corrected chi connectivity index (χ4v) is 5.07. The SMILES string of the molecule is CC(C)(C)OC(=O)N1CCC1C1CN(Cc2ccccc2)CC1B1OC(C)(C)C(C)(C)O1. The van der Waals surface area contributed by atoms with Crippen LogP contribution in [0.25, 0.3) is 0 Å². The highest BCUT2D eigenvalue weighted by Gasteiger charge is 2.59. The molecule has 3 atom stereocenters. The van der Waals surface area contributed by atoms with Gasteiger partial charge >= 0.3 is 13.2 Å². The van der Waals surface area contributed by atoms with Crippen LogP contribution in [0.2, 0.25) is 5.82 Å². The van der Waals surface area contributed by atoms with Crippen molar-refractivity contribution in [3.63, 3.8) is 0 Å². The summed E-state index contributed by atoms with van der Waals surface area (Å²) in [6.45, 7) is 17.7. The van der Waals surface area contributed by atoms with Crippen LogP contribution in [0.5, 0.6) is 0 Å². The maximum atomic E-state index is 12.8. The number of carbonyl (C=O) groups excluding carboxylic acids is 1. The first-order chi connectivity index (χ1) is 14.9. The van der Waals surface area contributed by atoms with Crippen molar-refractivity contribution in [2.45, 2.75) is 90.1 Å². The molecule has 0 radical (unpaired) electrons. The molecule has 3 unspecified atom stereocenters. The Morgan fingerprint density at radius 2 is 1.72 bits per heavy atom. The second kappa shape index (κ2) is 8.34. The van der Waals surface area contributed by atoms with Crippen molar-refractivity contribution in [2.75, 3.05) is 19.6 Å². The molecule has 1 aromatic carbocycles. The molecule has 0 spiro atoms. The molecule has 4 rings (SSSR count). The number of benzene rings is 1. The van der Waals surface area contributed by atoms with Crippen LogP contribution in [0.3, 0.4) is 0 Å². The summed E-state index contributed by atoms with van der Waals surface area (Å²) >= 11 is 0. The minimum absolute atomic E-state index is 0.162. The summed E-state index contributed by atoms with van der Waals surface area (Å²) in [4.78, 5) is 17.2. The lowest BCUT2D eigenvalue weighted by atomic mass is 9.63. The lowest BCUT2D eigenvalue weighted by molar-refractivity contribution is -0.0177. The van der Waals surface area contributed by atoms with Gasteiger partial charge in [0, 0.05) is 38.0 Å². The summed E-state index contributed by atoms with van der Waals surface area (Å²) in [5.74, 6) is 0.490. The highest BCUT2D eigenvalue weighted by atomic mass is 16.7. The molecule has 6 nitrogen and oxygen atoms in total. The van der Waals surface area contributed by atoms with Gasteiger partial charge in [-0.25, -0.2) is 4.79 Å². The van der Waals surface area contributed by atoms with E-state index in [1.54, 1.807) is 0 Å². The van der Waals surface area contributed by atoms with E-state index in [-0.39, 0.29) is 42.2 Å². The highest BCUT2D eigenvalue weighted by molar-refractivity contribution is 6.47. The lowest BCUT2D eigenvalue weighted by Crippen LogP contribution is -2.57. The molecule has 176 valence electrons. The number of carbonyl (C=O) groups is 1. The third-order valence-corrected chi connectivity index (χ3v) is 7.55. The van der Waals surface area contributed by atoms with Crippen LogP contribution in [0.1, 0.15) is 60.5 Å². The van der Waals surface area contributed by atoms with Crippen molar-refractivity contribution in [3.8, 4) is 0 Å². The molecule has 3 heterocycles. The molecule has 3 aliphatic heterocycles. The largest absolute Gasteiger partial charge is 0.462 e. The molecule has 32 heavy (non-hydrogen) atoms. The van der Waals surface area contributed by atoms with Gasteiger partial charge in [0.1, 0.15) is 5.60 Å². The van der Waals surface area contributed by atoms with Gasteiger partial charge in [-0.15, -0.1) is 0 Å². The molecule has 1 aromatic rings. The number of likely N-dealkylation sites (tertiary alicyclic amines) is 2. The molecule has 3 fully saturated rings. The van der Waals surface area contributed by atoms with Gasteiger partial charge < -0.3 is 18.9 Å².